The first-order chi connectivity index (χ1) is 12.4. The zero-order valence-electron chi connectivity index (χ0n) is 14.3. The van der Waals surface area contributed by atoms with Gasteiger partial charge in [-0.15, -0.1) is 0 Å². The highest BCUT2D eigenvalue weighted by atomic mass is 19.2. The maximum Gasteiger partial charge on any atom is 0.274 e. The Hall–Kier alpha value is -2.64. The number of anilines is 2. The number of carbonyl (C=O) groups excluding carboxylic acids is 1. The topological polar surface area (TPSA) is 66.9 Å². The highest BCUT2D eigenvalue weighted by molar-refractivity contribution is 6.03. The monoisotopic (exact) mass is 364 g/mol. The molecule has 1 aliphatic rings. The number of nitrogens with one attached hydrogen (secondary N) is 2. The zero-order chi connectivity index (χ0) is 18.7. The van der Waals surface area contributed by atoms with Crippen LogP contribution in [0, 0.1) is 24.4 Å². The van der Waals surface area contributed by atoms with E-state index in [4.69, 9.17) is 0 Å². The van der Waals surface area contributed by atoms with E-state index in [0.717, 1.165) is 37.8 Å². The van der Waals surface area contributed by atoms with Gasteiger partial charge in [-0.2, -0.15) is 0 Å². The molecular weight excluding hydrogens is 345 g/mol. The summed E-state index contributed by atoms with van der Waals surface area (Å²) in [5, 5.41) is 5.51. The summed E-state index contributed by atoms with van der Waals surface area (Å²) >= 11 is 0. The van der Waals surface area contributed by atoms with Crippen molar-refractivity contribution in [2.45, 2.75) is 45.1 Å². The average Bonchev–Trinajstić information content (AvgIpc) is 2.62. The molecule has 1 amide bonds. The number of hydrogen-bond acceptors (Lipinski definition) is 4. The summed E-state index contributed by atoms with van der Waals surface area (Å²) < 4.78 is 40.0. The summed E-state index contributed by atoms with van der Waals surface area (Å²) in [6, 6.07) is 3.46. The Morgan fingerprint density at radius 2 is 1.81 bits per heavy atom. The molecule has 1 saturated carbocycles. The molecule has 138 valence electrons. The molecule has 0 bridgehead atoms. The molecule has 0 atom stereocenters. The van der Waals surface area contributed by atoms with Gasteiger partial charge < -0.3 is 10.6 Å². The van der Waals surface area contributed by atoms with Gasteiger partial charge >= 0.3 is 0 Å². The number of halogens is 3. The van der Waals surface area contributed by atoms with E-state index < -0.39 is 29.0 Å². The lowest BCUT2D eigenvalue weighted by Gasteiger charge is -2.23. The van der Waals surface area contributed by atoms with Crippen molar-refractivity contribution in [3.63, 3.8) is 0 Å². The van der Waals surface area contributed by atoms with Gasteiger partial charge in [0.2, 0.25) is 0 Å². The number of aromatic nitrogens is 2. The smallest absolute Gasteiger partial charge is 0.274 e. The Balaban J connectivity index is 1.77. The van der Waals surface area contributed by atoms with E-state index in [1.165, 1.54) is 12.5 Å². The Bertz CT molecular complexity index is 822. The minimum atomic E-state index is -1.64. The van der Waals surface area contributed by atoms with Crippen molar-refractivity contribution in [1.82, 2.24) is 9.97 Å². The van der Waals surface area contributed by atoms with Crippen molar-refractivity contribution in [3.8, 4) is 0 Å². The van der Waals surface area contributed by atoms with E-state index in [1.54, 1.807) is 6.92 Å². The highest BCUT2D eigenvalue weighted by Crippen LogP contribution is 2.22. The third-order valence-electron chi connectivity index (χ3n) is 4.31. The third kappa shape index (κ3) is 4.12. The molecule has 26 heavy (non-hydrogen) atoms. The first-order valence-corrected chi connectivity index (χ1v) is 8.51. The van der Waals surface area contributed by atoms with Crippen molar-refractivity contribution < 1.29 is 18.0 Å². The van der Waals surface area contributed by atoms with E-state index in [2.05, 4.69) is 20.6 Å². The second kappa shape index (κ2) is 7.72. The van der Waals surface area contributed by atoms with Crippen molar-refractivity contribution in [2.75, 3.05) is 10.6 Å². The number of nitrogens with zero attached hydrogens (tertiary/aromatic N) is 2. The molecule has 0 spiro atoms. The molecule has 0 aliphatic heterocycles. The lowest BCUT2D eigenvalue weighted by Crippen LogP contribution is -2.24. The van der Waals surface area contributed by atoms with Crippen LogP contribution in [0.5, 0.6) is 0 Å². The van der Waals surface area contributed by atoms with Crippen LogP contribution in [-0.4, -0.2) is 21.9 Å². The molecule has 1 aromatic carbocycles. The van der Waals surface area contributed by atoms with Gasteiger partial charge in [-0.3, -0.25) is 4.79 Å². The predicted octanol–water partition coefficient (Wildman–Crippen LogP) is 4.20. The fourth-order valence-corrected chi connectivity index (χ4v) is 3.02. The van der Waals surface area contributed by atoms with Crippen LogP contribution < -0.4 is 10.6 Å². The van der Waals surface area contributed by atoms with Crippen LogP contribution in [0.25, 0.3) is 0 Å². The Kier molecular flexibility index (Phi) is 5.39. The molecule has 0 saturated heterocycles. The van der Waals surface area contributed by atoms with E-state index >= 15 is 0 Å². The van der Waals surface area contributed by atoms with Crippen LogP contribution in [0.4, 0.5) is 24.7 Å². The Morgan fingerprint density at radius 1 is 1.08 bits per heavy atom. The van der Waals surface area contributed by atoms with Gasteiger partial charge in [0.15, 0.2) is 17.5 Å². The second-order valence-corrected chi connectivity index (χ2v) is 6.34. The van der Waals surface area contributed by atoms with Gasteiger partial charge in [0.1, 0.15) is 17.3 Å². The minimum absolute atomic E-state index is 0.0138. The fraction of sp³-hybridized carbons (Fsp3) is 0.389. The molecule has 8 heteroatoms. The lowest BCUT2D eigenvalue weighted by molar-refractivity contribution is 0.102. The largest absolute Gasteiger partial charge is 0.367 e. The summed E-state index contributed by atoms with van der Waals surface area (Å²) in [5.41, 5.74) is -0.438. The standard InChI is InChI=1S/C18H19F3N4O/c1-10-22-14(9-15(23-10)24-11-5-3-2-4-6-11)18(26)25-13-8-7-12(19)16(20)17(13)21/h7-9,11H,2-6H2,1H3,(H,25,26)(H,22,23,24). The molecule has 1 aliphatic carbocycles. The van der Waals surface area contributed by atoms with Crippen LogP contribution in [0.2, 0.25) is 0 Å². The zero-order valence-corrected chi connectivity index (χ0v) is 14.3. The van der Waals surface area contributed by atoms with Gasteiger partial charge in [0, 0.05) is 12.1 Å². The number of carbonyl (C=O) groups is 1. The Labute approximate surface area is 149 Å². The normalized spacial score (nSPS) is 14.9. The van der Waals surface area contributed by atoms with Crippen LogP contribution in [0.1, 0.15) is 48.4 Å². The molecular formula is C18H19F3N4O. The van der Waals surface area contributed by atoms with Crippen LogP contribution in [-0.2, 0) is 0 Å². The van der Waals surface area contributed by atoms with Gasteiger partial charge in [-0.1, -0.05) is 19.3 Å². The lowest BCUT2D eigenvalue weighted by atomic mass is 9.95. The molecule has 1 heterocycles. The molecule has 2 N–H and O–H groups in total. The predicted molar refractivity (Wildman–Crippen MR) is 91.5 cm³/mol. The first kappa shape index (κ1) is 18.2. The number of aryl methyl sites for hydroxylation is 1. The summed E-state index contributed by atoms with van der Waals surface area (Å²) in [6.45, 7) is 1.64. The summed E-state index contributed by atoms with van der Waals surface area (Å²) in [5.74, 6) is -4.25. The van der Waals surface area contributed by atoms with Crippen molar-refractivity contribution in [3.05, 3.63) is 47.2 Å². The minimum Gasteiger partial charge on any atom is -0.367 e. The molecule has 1 aromatic heterocycles. The number of rotatable bonds is 4. The van der Waals surface area contributed by atoms with E-state index in [9.17, 15) is 18.0 Å². The quantitative estimate of drug-likeness (QED) is 0.798. The summed E-state index contributed by atoms with van der Waals surface area (Å²) in [7, 11) is 0. The average molecular weight is 364 g/mol. The maximum atomic E-state index is 13.7. The number of benzene rings is 1. The number of amides is 1. The molecule has 5 nitrogen and oxygen atoms in total. The summed E-state index contributed by atoms with van der Waals surface area (Å²) in [4.78, 5) is 20.7. The van der Waals surface area contributed by atoms with Gasteiger partial charge in [0.25, 0.3) is 5.91 Å². The molecule has 0 unspecified atom stereocenters. The summed E-state index contributed by atoms with van der Waals surface area (Å²) in [6.07, 6.45) is 5.57. The van der Waals surface area contributed by atoms with E-state index in [0.29, 0.717) is 11.6 Å². The van der Waals surface area contributed by atoms with E-state index in [-0.39, 0.29) is 11.7 Å². The fourth-order valence-electron chi connectivity index (χ4n) is 3.02. The van der Waals surface area contributed by atoms with Crippen LogP contribution in [0.3, 0.4) is 0 Å². The Morgan fingerprint density at radius 3 is 2.54 bits per heavy atom. The van der Waals surface area contributed by atoms with E-state index in [1.807, 2.05) is 0 Å². The molecule has 1 fully saturated rings. The van der Waals surface area contributed by atoms with Gasteiger partial charge in [0.05, 0.1) is 5.69 Å². The van der Waals surface area contributed by atoms with Crippen molar-refractivity contribution in [1.29, 1.82) is 0 Å². The van der Waals surface area contributed by atoms with Gasteiger partial charge in [-0.05, 0) is 31.9 Å². The third-order valence-corrected chi connectivity index (χ3v) is 4.31. The van der Waals surface area contributed by atoms with Crippen molar-refractivity contribution in [2.24, 2.45) is 0 Å². The maximum absolute atomic E-state index is 13.7. The van der Waals surface area contributed by atoms with Gasteiger partial charge in [-0.25, -0.2) is 23.1 Å². The van der Waals surface area contributed by atoms with Crippen LogP contribution >= 0.6 is 0 Å². The van der Waals surface area contributed by atoms with Crippen LogP contribution in [0.15, 0.2) is 18.2 Å². The number of hydrogen-bond donors (Lipinski definition) is 2. The van der Waals surface area contributed by atoms with Crippen molar-refractivity contribution >= 4 is 17.4 Å². The molecule has 0 radical (unpaired) electrons. The SMILES string of the molecule is Cc1nc(NC2CCCCC2)cc(C(=O)Nc2ccc(F)c(F)c2F)n1. The molecule has 2 aromatic rings. The molecule has 3 rings (SSSR count). The second-order valence-electron chi connectivity index (χ2n) is 6.34. The highest BCUT2D eigenvalue weighted by Gasteiger charge is 2.19. The first-order valence-electron chi connectivity index (χ1n) is 8.51.